The van der Waals surface area contributed by atoms with Crippen molar-refractivity contribution >= 4 is 0 Å². The lowest BCUT2D eigenvalue weighted by Gasteiger charge is -2.26. The summed E-state index contributed by atoms with van der Waals surface area (Å²) in [7, 11) is 3.56. The number of hydrogen-bond donors (Lipinski definition) is 2. The number of likely N-dealkylation sites (tertiary alicyclic amines) is 1. The summed E-state index contributed by atoms with van der Waals surface area (Å²) in [5.41, 5.74) is 2.27. The first-order valence-electron chi connectivity index (χ1n) is 11.0. The van der Waals surface area contributed by atoms with Crippen LogP contribution in [0, 0.1) is 0 Å². The molecule has 1 aromatic carbocycles. The van der Waals surface area contributed by atoms with Crippen molar-refractivity contribution in [3.63, 3.8) is 0 Å². The van der Waals surface area contributed by atoms with Crippen molar-refractivity contribution in [2.24, 2.45) is 7.05 Å². The molecule has 166 valence electrons. The molecule has 1 aromatic heterocycles. The number of benzene rings is 1. The van der Waals surface area contributed by atoms with Crippen LogP contribution >= 0.6 is 0 Å². The average molecular weight is 417 g/mol. The van der Waals surface area contributed by atoms with Crippen LogP contribution in [0.2, 0.25) is 0 Å². The summed E-state index contributed by atoms with van der Waals surface area (Å²) < 4.78 is 13.2. The number of methoxy groups -OCH3 is 1. The number of rotatable bonds is 10. The lowest BCUT2D eigenvalue weighted by atomic mass is 10.1. The van der Waals surface area contributed by atoms with E-state index < -0.39 is 6.10 Å². The number of nitrogens with zero attached hydrogens (tertiary/aromatic N) is 3. The van der Waals surface area contributed by atoms with E-state index in [9.17, 15) is 5.11 Å². The summed E-state index contributed by atoms with van der Waals surface area (Å²) in [6, 6.07) is 5.93. The Labute approximate surface area is 180 Å². The van der Waals surface area contributed by atoms with Gasteiger partial charge < -0.3 is 24.8 Å². The zero-order valence-electron chi connectivity index (χ0n) is 18.3. The second-order valence-electron chi connectivity index (χ2n) is 8.14. The van der Waals surface area contributed by atoms with Gasteiger partial charge in [-0.1, -0.05) is 25.3 Å². The Morgan fingerprint density at radius 1 is 1.07 bits per heavy atom. The Bertz CT molecular complexity index is 757. The van der Waals surface area contributed by atoms with Gasteiger partial charge >= 0.3 is 0 Å². The Morgan fingerprint density at radius 3 is 2.50 bits per heavy atom. The highest BCUT2D eigenvalue weighted by molar-refractivity contribution is 5.43. The van der Waals surface area contributed by atoms with E-state index in [0.717, 1.165) is 37.3 Å². The lowest BCUT2D eigenvalue weighted by Crippen LogP contribution is -2.37. The second-order valence-corrected chi connectivity index (χ2v) is 8.14. The second kappa shape index (κ2) is 11.9. The van der Waals surface area contributed by atoms with Crippen LogP contribution in [0.25, 0.3) is 0 Å². The van der Waals surface area contributed by atoms with E-state index in [4.69, 9.17) is 9.47 Å². The molecule has 0 unspecified atom stereocenters. The van der Waals surface area contributed by atoms with Crippen molar-refractivity contribution in [2.75, 3.05) is 33.4 Å². The number of β-amino-alcohol motifs (C(OH)–C–C–N with tert-alkyl or cyclic N) is 1. The summed E-state index contributed by atoms with van der Waals surface area (Å²) in [6.45, 7) is 4.56. The van der Waals surface area contributed by atoms with Gasteiger partial charge in [0.15, 0.2) is 11.5 Å². The first-order chi connectivity index (χ1) is 14.6. The molecular formula is C23H36N4O3. The van der Waals surface area contributed by atoms with E-state index in [1.165, 1.54) is 32.1 Å². The normalized spacial score (nSPS) is 16.6. The van der Waals surface area contributed by atoms with Crippen LogP contribution in [0.1, 0.15) is 43.2 Å². The molecule has 2 N–H and O–H groups in total. The fourth-order valence-electron chi connectivity index (χ4n) is 3.89. The quantitative estimate of drug-likeness (QED) is 0.621. The molecule has 2 aromatic rings. The monoisotopic (exact) mass is 416 g/mol. The summed E-state index contributed by atoms with van der Waals surface area (Å²) in [4.78, 5) is 2.36. The topological polar surface area (TPSA) is 71.8 Å². The molecule has 0 spiro atoms. The number of nitrogens with one attached hydrogen (secondary N) is 1. The Hall–Kier alpha value is -2.09. The molecule has 0 aliphatic carbocycles. The van der Waals surface area contributed by atoms with Gasteiger partial charge in [-0.15, -0.1) is 0 Å². The molecule has 0 amide bonds. The summed E-state index contributed by atoms with van der Waals surface area (Å²) >= 11 is 0. The third kappa shape index (κ3) is 7.31. The van der Waals surface area contributed by atoms with Crippen molar-refractivity contribution in [1.82, 2.24) is 20.0 Å². The number of ether oxygens (including phenoxy) is 2. The number of aryl methyl sites for hydroxylation is 1. The predicted molar refractivity (Wildman–Crippen MR) is 118 cm³/mol. The molecular weight excluding hydrogens is 380 g/mol. The minimum absolute atomic E-state index is 0.269. The number of aliphatic hydroxyl groups excluding tert-OH is 1. The molecule has 0 bridgehead atoms. The van der Waals surface area contributed by atoms with Crippen LogP contribution < -0.4 is 14.8 Å². The van der Waals surface area contributed by atoms with Gasteiger partial charge in [-0.3, -0.25) is 4.68 Å². The maximum atomic E-state index is 10.4. The summed E-state index contributed by atoms with van der Waals surface area (Å²) in [5, 5.41) is 18.0. The first kappa shape index (κ1) is 22.6. The van der Waals surface area contributed by atoms with Crippen molar-refractivity contribution in [3.05, 3.63) is 41.7 Å². The van der Waals surface area contributed by atoms with Gasteiger partial charge in [0.05, 0.1) is 13.3 Å². The minimum atomic E-state index is -0.505. The van der Waals surface area contributed by atoms with Gasteiger partial charge in [0.1, 0.15) is 12.7 Å². The summed E-state index contributed by atoms with van der Waals surface area (Å²) in [6.07, 6.45) is 9.73. The van der Waals surface area contributed by atoms with Gasteiger partial charge in [-0.2, -0.15) is 5.10 Å². The fraction of sp³-hybridized carbons (Fsp3) is 0.609. The molecule has 1 aliphatic rings. The van der Waals surface area contributed by atoms with Crippen LogP contribution in [0.15, 0.2) is 30.6 Å². The van der Waals surface area contributed by atoms with Gasteiger partial charge in [-0.05, 0) is 43.6 Å². The van der Waals surface area contributed by atoms with Gasteiger partial charge in [0.25, 0.3) is 0 Å². The van der Waals surface area contributed by atoms with Gasteiger partial charge in [0, 0.05) is 38.4 Å². The van der Waals surface area contributed by atoms with Crippen molar-refractivity contribution in [3.8, 4) is 11.5 Å². The van der Waals surface area contributed by atoms with Gasteiger partial charge in [0.2, 0.25) is 0 Å². The number of aromatic nitrogens is 2. The molecule has 7 nitrogen and oxygen atoms in total. The van der Waals surface area contributed by atoms with E-state index in [-0.39, 0.29) is 6.61 Å². The Balaban J connectivity index is 1.45. The predicted octanol–water partition coefficient (Wildman–Crippen LogP) is 2.72. The lowest BCUT2D eigenvalue weighted by molar-refractivity contribution is 0.0645. The zero-order valence-corrected chi connectivity index (χ0v) is 18.3. The van der Waals surface area contributed by atoms with Crippen molar-refractivity contribution in [2.45, 2.75) is 51.3 Å². The number of hydrogen-bond acceptors (Lipinski definition) is 6. The maximum Gasteiger partial charge on any atom is 0.161 e. The molecule has 1 saturated heterocycles. The molecule has 0 saturated carbocycles. The fourth-order valence-corrected chi connectivity index (χ4v) is 3.89. The van der Waals surface area contributed by atoms with Crippen LogP contribution in [0.3, 0.4) is 0 Å². The minimum Gasteiger partial charge on any atom is -0.493 e. The van der Waals surface area contributed by atoms with E-state index in [2.05, 4.69) is 15.3 Å². The summed E-state index contributed by atoms with van der Waals surface area (Å²) in [5.74, 6) is 1.36. The van der Waals surface area contributed by atoms with E-state index in [0.29, 0.717) is 18.0 Å². The molecule has 1 fully saturated rings. The Morgan fingerprint density at radius 2 is 1.80 bits per heavy atom. The molecule has 1 atom stereocenters. The number of aliphatic hydroxyl groups is 1. The smallest absolute Gasteiger partial charge is 0.161 e. The highest BCUT2D eigenvalue weighted by atomic mass is 16.5. The van der Waals surface area contributed by atoms with Crippen LogP contribution in [0.4, 0.5) is 0 Å². The van der Waals surface area contributed by atoms with Crippen molar-refractivity contribution in [1.29, 1.82) is 0 Å². The zero-order chi connectivity index (χ0) is 21.2. The molecule has 7 heteroatoms. The highest BCUT2D eigenvalue weighted by Gasteiger charge is 2.15. The molecule has 1 aliphatic heterocycles. The average Bonchev–Trinajstić information content (AvgIpc) is 3.13. The third-order valence-corrected chi connectivity index (χ3v) is 5.49. The largest absolute Gasteiger partial charge is 0.493 e. The molecule has 30 heavy (non-hydrogen) atoms. The van der Waals surface area contributed by atoms with E-state index in [1.807, 2.05) is 37.6 Å². The van der Waals surface area contributed by atoms with Crippen LogP contribution in [-0.4, -0.2) is 59.2 Å². The first-order valence-corrected chi connectivity index (χ1v) is 11.0. The SMILES string of the molecule is COc1cc(CNCc2cnn(C)c2)ccc1OC[C@@H](O)CN1CCCCCCC1. The third-order valence-electron chi connectivity index (χ3n) is 5.49. The highest BCUT2D eigenvalue weighted by Crippen LogP contribution is 2.28. The van der Waals surface area contributed by atoms with E-state index >= 15 is 0 Å². The van der Waals surface area contributed by atoms with Crippen LogP contribution in [0.5, 0.6) is 11.5 Å². The standard InChI is InChI=1S/C23H36N4O3/c1-26-16-20(15-25-26)14-24-13-19-8-9-22(23(12-19)29-2)30-18-21(28)17-27-10-6-4-3-5-7-11-27/h8-9,12,15-16,21,24,28H,3-7,10-11,13-14,17-18H2,1-2H3/t21-/m0/s1. The molecule has 2 heterocycles. The van der Waals surface area contributed by atoms with Crippen molar-refractivity contribution < 1.29 is 14.6 Å². The van der Waals surface area contributed by atoms with Crippen LogP contribution in [-0.2, 0) is 20.1 Å². The van der Waals surface area contributed by atoms with E-state index in [1.54, 1.807) is 11.8 Å². The maximum absolute atomic E-state index is 10.4. The Kier molecular flexibility index (Phi) is 8.99. The van der Waals surface area contributed by atoms with Gasteiger partial charge in [-0.25, -0.2) is 0 Å². The molecule has 0 radical (unpaired) electrons. The molecule has 3 rings (SSSR count).